The van der Waals surface area contributed by atoms with E-state index >= 15 is 0 Å². The molecule has 0 fully saturated rings. The van der Waals surface area contributed by atoms with E-state index in [-0.39, 0.29) is 15.2 Å². The predicted octanol–water partition coefficient (Wildman–Crippen LogP) is 3.76. The highest BCUT2D eigenvalue weighted by atomic mass is 79.9. The molecule has 0 spiro atoms. The van der Waals surface area contributed by atoms with Gasteiger partial charge in [0.15, 0.2) is 0 Å². The van der Waals surface area contributed by atoms with Crippen LogP contribution in [0.3, 0.4) is 0 Å². The van der Waals surface area contributed by atoms with E-state index in [2.05, 4.69) is 15.9 Å². The number of anilines is 2. The van der Waals surface area contributed by atoms with Crippen LogP contribution in [0, 0.1) is 11.6 Å². The van der Waals surface area contributed by atoms with Gasteiger partial charge in [0.2, 0.25) is 0 Å². The number of nitrogen functional groups attached to an aromatic ring is 1. The number of halogens is 4. The maximum atomic E-state index is 13.6. The number of benzene rings is 2. The zero-order valence-electron chi connectivity index (χ0n) is 10.2. The van der Waals surface area contributed by atoms with E-state index in [0.29, 0.717) is 0 Å². The van der Waals surface area contributed by atoms with E-state index in [1.165, 1.54) is 12.1 Å². The van der Waals surface area contributed by atoms with Gasteiger partial charge in [0.25, 0.3) is 10.0 Å². The summed E-state index contributed by atoms with van der Waals surface area (Å²) < 4.78 is 53.3. The predicted molar refractivity (Wildman–Crippen MR) is 80.7 cm³/mol. The molecule has 9 heteroatoms. The first-order valence-electron chi connectivity index (χ1n) is 5.43. The van der Waals surface area contributed by atoms with Crippen molar-refractivity contribution in [1.29, 1.82) is 0 Å². The van der Waals surface area contributed by atoms with Gasteiger partial charge in [-0.05, 0) is 40.2 Å². The SMILES string of the molecule is Nc1cc(F)c(Br)cc1S(=O)(=O)Nc1c(F)cccc1Cl. The topological polar surface area (TPSA) is 72.2 Å². The fourth-order valence-electron chi connectivity index (χ4n) is 1.56. The number of para-hydroxylation sites is 1. The van der Waals surface area contributed by atoms with Crippen molar-refractivity contribution in [1.82, 2.24) is 0 Å². The Balaban J connectivity index is 2.51. The third-order valence-electron chi connectivity index (χ3n) is 2.54. The van der Waals surface area contributed by atoms with E-state index in [1.807, 2.05) is 4.72 Å². The number of sulfonamides is 1. The van der Waals surface area contributed by atoms with Crippen molar-refractivity contribution < 1.29 is 17.2 Å². The van der Waals surface area contributed by atoms with Crippen LogP contribution < -0.4 is 10.5 Å². The second-order valence-electron chi connectivity index (χ2n) is 4.01. The minimum atomic E-state index is -4.22. The molecule has 2 aromatic rings. The monoisotopic (exact) mass is 396 g/mol. The third-order valence-corrected chi connectivity index (χ3v) is 4.87. The molecule has 0 aliphatic carbocycles. The largest absolute Gasteiger partial charge is 0.398 e. The molecule has 0 radical (unpaired) electrons. The molecule has 0 atom stereocenters. The minimum Gasteiger partial charge on any atom is -0.398 e. The van der Waals surface area contributed by atoms with Crippen molar-refractivity contribution in [2.45, 2.75) is 4.90 Å². The smallest absolute Gasteiger partial charge is 0.264 e. The van der Waals surface area contributed by atoms with E-state index < -0.39 is 32.2 Å². The van der Waals surface area contributed by atoms with Crippen LogP contribution in [0.5, 0.6) is 0 Å². The van der Waals surface area contributed by atoms with Gasteiger partial charge in [0.05, 0.1) is 15.2 Å². The van der Waals surface area contributed by atoms with Gasteiger partial charge in [-0.1, -0.05) is 17.7 Å². The summed E-state index contributed by atoms with van der Waals surface area (Å²) in [4.78, 5) is -0.393. The Morgan fingerprint density at radius 2 is 1.86 bits per heavy atom. The van der Waals surface area contributed by atoms with E-state index in [0.717, 1.165) is 18.2 Å². The summed E-state index contributed by atoms with van der Waals surface area (Å²) >= 11 is 8.62. The van der Waals surface area contributed by atoms with Gasteiger partial charge in [-0.25, -0.2) is 17.2 Å². The van der Waals surface area contributed by atoms with Crippen LogP contribution in [-0.4, -0.2) is 8.42 Å². The zero-order valence-corrected chi connectivity index (χ0v) is 13.4. The maximum Gasteiger partial charge on any atom is 0.264 e. The van der Waals surface area contributed by atoms with Crippen molar-refractivity contribution >= 4 is 48.9 Å². The van der Waals surface area contributed by atoms with E-state index in [1.54, 1.807) is 0 Å². The normalized spacial score (nSPS) is 11.4. The number of hydrogen-bond acceptors (Lipinski definition) is 3. The van der Waals surface area contributed by atoms with Gasteiger partial charge >= 0.3 is 0 Å². The molecule has 4 nitrogen and oxygen atoms in total. The summed E-state index contributed by atoms with van der Waals surface area (Å²) in [5.74, 6) is -1.55. The van der Waals surface area contributed by atoms with E-state index in [9.17, 15) is 17.2 Å². The lowest BCUT2D eigenvalue weighted by atomic mass is 10.3. The van der Waals surface area contributed by atoms with Gasteiger partial charge in [-0.3, -0.25) is 4.72 Å². The fraction of sp³-hybridized carbons (Fsp3) is 0. The molecule has 0 aromatic heterocycles. The fourth-order valence-corrected chi connectivity index (χ4v) is 3.55. The van der Waals surface area contributed by atoms with Crippen LogP contribution in [0.2, 0.25) is 5.02 Å². The van der Waals surface area contributed by atoms with Crippen molar-refractivity contribution in [3.8, 4) is 0 Å². The molecule has 0 amide bonds. The van der Waals surface area contributed by atoms with Crippen molar-refractivity contribution in [2.24, 2.45) is 0 Å². The third kappa shape index (κ3) is 3.28. The molecule has 0 saturated carbocycles. The molecular formula is C12H8BrClF2N2O2S. The Labute approximate surface area is 133 Å². The van der Waals surface area contributed by atoms with Gasteiger partial charge in [0.1, 0.15) is 22.2 Å². The molecule has 2 rings (SSSR count). The van der Waals surface area contributed by atoms with Crippen LogP contribution in [0.15, 0.2) is 39.7 Å². The number of nitrogens with two attached hydrogens (primary N) is 1. The average molecular weight is 398 g/mol. The molecule has 0 bridgehead atoms. The highest BCUT2D eigenvalue weighted by Crippen LogP contribution is 2.31. The highest BCUT2D eigenvalue weighted by Gasteiger charge is 2.22. The molecule has 2 aromatic carbocycles. The lowest BCUT2D eigenvalue weighted by Crippen LogP contribution is -2.16. The first-order chi connectivity index (χ1) is 9.72. The summed E-state index contributed by atoms with van der Waals surface area (Å²) in [6, 6.07) is 5.54. The van der Waals surface area contributed by atoms with Gasteiger partial charge in [-0.2, -0.15) is 0 Å². The molecule has 112 valence electrons. The van der Waals surface area contributed by atoms with Crippen molar-refractivity contribution in [2.75, 3.05) is 10.5 Å². The summed E-state index contributed by atoms with van der Waals surface area (Å²) in [5.41, 5.74) is 4.79. The van der Waals surface area contributed by atoms with Crippen LogP contribution in [0.1, 0.15) is 0 Å². The van der Waals surface area contributed by atoms with Crippen LogP contribution >= 0.6 is 27.5 Å². The Bertz CT molecular complexity index is 795. The van der Waals surface area contributed by atoms with E-state index in [4.69, 9.17) is 17.3 Å². The minimum absolute atomic E-state index is 0.0864. The average Bonchev–Trinajstić information content (AvgIpc) is 2.38. The first kappa shape index (κ1) is 16.0. The molecule has 3 N–H and O–H groups in total. The molecule has 0 unspecified atom stereocenters. The summed E-state index contributed by atoms with van der Waals surface area (Å²) in [7, 11) is -4.22. The second kappa shape index (κ2) is 5.78. The van der Waals surface area contributed by atoms with Gasteiger partial charge in [-0.15, -0.1) is 0 Å². The lowest BCUT2D eigenvalue weighted by Gasteiger charge is -2.12. The highest BCUT2D eigenvalue weighted by molar-refractivity contribution is 9.10. The molecule has 0 aliphatic rings. The Hall–Kier alpha value is -1.38. The number of rotatable bonds is 3. The quantitative estimate of drug-likeness (QED) is 0.775. The second-order valence-corrected chi connectivity index (χ2v) is 6.92. The summed E-state index contributed by atoms with van der Waals surface area (Å²) in [6.07, 6.45) is 0. The zero-order chi connectivity index (χ0) is 15.8. The van der Waals surface area contributed by atoms with Crippen LogP contribution in [0.25, 0.3) is 0 Å². The van der Waals surface area contributed by atoms with Gasteiger partial charge in [0, 0.05) is 0 Å². The van der Waals surface area contributed by atoms with Crippen molar-refractivity contribution in [3.05, 3.63) is 51.5 Å². The maximum absolute atomic E-state index is 13.6. The number of nitrogens with one attached hydrogen (secondary N) is 1. The lowest BCUT2D eigenvalue weighted by molar-refractivity contribution is 0.597. The Morgan fingerprint density at radius 1 is 1.19 bits per heavy atom. The molecule has 0 aliphatic heterocycles. The first-order valence-corrected chi connectivity index (χ1v) is 8.09. The summed E-state index contributed by atoms with van der Waals surface area (Å²) in [5, 5.41) is -0.113. The molecular weight excluding hydrogens is 390 g/mol. The standard InChI is InChI=1S/C12H8BrClF2N2O2S/c13-6-4-11(10(17)5-9(6)16)21(19,20)18-12-7(14)2-1-3-8(12)15/h1-5,18H,17H2. The van der Waals surface area contributed by atoms with Crippen molar-refractivity contribution in [3.63, 3.8) is 0 Å². The Morgan fingerprint density at radius 3 is 2.48 bits per heavy atom. The van der Waals surface area contributed by atoms with Crippen LogP contribution in [0.4, 0.5) is 20.2 Å². The molecule has 21 heavy (non-hydrogen) atoms. The van der Waals surface area contributed by atoms with Gasteiger partial charge < -0.3 is 5.73 Å². The molecule has 0 saturated heterocycles. The number of hydrogen-bond donors (Lipinski definition) is 2. The van der Waals surface area contributed by atoms with Crippen LogP contribution in [-0.2, 0) is 10.0 Å². The summed E-state index contributed by atoms with van der Waals surface area (Å²) in [6.45, 7) is 0. The molecule has 0 heterocycles. The Kier molecular flexibility index (Phi) is 4.40.